The van der Waals surface area contributed by atoms with Gasteiger partial charge in [-0.05, 0) is 43.9 Å². The van der Waals surface area contributed by atoms with Crippen LogP contribution in [0.4, 0.5) is 5.69 Å². The second-order valence-electron chi connectivity index (χ2n) is 6.18. The Morgan fingerprint density at radius 3 is 2.75 bits per heavy atom. The number of nitrogens with zero attached hydrogens (tertiary/aromatic N) is 2. The van der Waals surface area contributed by atoms with Crippen molar-refractivity contribution in [2.75, 3.05) is 11.4 Å². The van der Waals surface area contributed by atoms with Crippen molar-refractivity contribution in [2.24, 2.45) is 16.6 Å². The van der Waals surface area contributed by atoms with Crippen LogP contribution in [-0.4, -0.2) is 18.0 Å². The highest BCUT2D eigenvalue weighted by molar-refractivity contribution is 9.10. The average molecular weight is 336 g/mol. The quantitative estimate of drug-likeness (QED) is 0.889. The van der Waals surface area contributed by atoms with Gasteiger partial charge in [0, 0.05) is 10.2 Å². The highest BCUT2D eigenvalue weighted by Crippen LogP contribution is 2.41. The van der Waals surface area contributed by atoms with Gasteiger partial charge in [0.15, 0.2) is 5.96 Å². The normalized spacial score (nSPS) is 27.7. The van der Waals surface area contributed by atoms with Crippen LogP contribution in [-0.2, 0) is 0 Å². The highest BCUT2D eigenvalue weighted by Gasteiger charge is 2.45. The Labute approximate surface area is 129 Å². The second kappa shape index (κ2) is 5.40. The van der Waals surface area contributed by atoms with Gasteiger partial charge in [-0.15, -0.1) is 0 Å². The summed E-state index contributed by atoms with van der Waals surface area (Å²) in [7, 11) is 0. The molecule has 4 heteroatoms. The summed E-state index contributed by atoms with van der Waals surface area (Å²) in [5.41, 5.74) is 7.38. The topological polar surface area (TPSA) is 41.6 Å². The van der Waals surface area contributed by atoms with Crippen molar-refractivity contribution >= 4 is 27.6 Å². The monoisotopic (exact) mass is 335 g/mol. The standard InChI is InChI=1S/C16H22BrN3/c1-16(12-6-3-2-4-7-12)11-19-15(18)20(16)14-9-5-8-13(17)10-14/h5,8-10,12H,2-4,6-7,11H2,1H3,(H2,18,19). The van der Waals surface area contributed by atoms with E-state index in [-0.39, 0.29) is 5.54 Å². The van der Waals surface area contributed by atoms with E-state index in [1.807, 2.05) is 6.07 Å². The molecule has 0 radical (unpaired) electrons. The van der Waals surface area contributed by atoms with Crippen LogP contribution >= 0.6 is 15.9 Å². The van der Waals surface area contributed by atoms with E-state index in [9.17, 15) is 0 Å². The number of halogens is 1. The summed E-state index contributed by atoms with van der Waals surface area (Å²) in [4.78, 5) is 6.81. The molecule has 0 spiro atoms. The van der Waals surface area contributed by atoms with E-state index in [1.54, 1.807) is 0 Å². The van der Waals surface area contributed by atoms with Crippen molar-refractivity contribution in [3.05, 3.63) is 28.7 Å². The molecule has 3 rings (SSSR count). The van der Waals surface area contributed by atoms with E-state index in [2.05, 4.69) is 50.9 Å². The molecule has 108 valence electrons. The molecule has 1 fully saturated rings. The molecule has 1 heterocycles. The minimum absolute atomic E-state index is 0.0330. The molecule has 2 aliphatic rings. The minimum Gasteiger partial charge on any atom is -0.369 e. The Kier molecular flexibility index (Phi) is 3.76. The van der Waals surface area contributed by atoms with Crippen LogP contribution in [0.15, 0.2) is 33.7 Å². The van der Waals surface area contributed by atoms with Crippen molar-refractivity contribution in [1.29, 1.82) is 0 Å². The first kappa shape index (κ1) is 13.9. The summed E-state index contributed by atoms with van der Waals surface area (Å²) in [5, 5.41) is 0. The van der Waals surface area contributed by atoms with Gasteiger partial charge in [-0.2, -0.15) is 0 Å². The number of anilines is 1. The zero-order valence-electron chi connectivity index (χ0n) is 12.0. The smallest absolute Gasteiger partial charge is 0.196 e. The number of hydrogen-bond donors (Lipinski definition) is 1. The molecule has 1 aromatic rings. The molecule has 1 aliphatic carbocycles. The predicted octanol–water partition coefficient (Wildman–Crippen LogP) is 3.92. The molecule has 0 amide bonds. The zero-order chi connectivity index (χ0) is 14.2. The average Bonchev–Trinajstić information content (AvgIpc) is 2.77. The molecule has 0 saturated heterocycles. The Morgan fingerprint density at radius 2 is 2.05 bits per heavy atom. The molecule has 1 aliphatic heterocycles. The summed E-state index contributed by atoms with van der Waals surface area (Å²) in [6.07, 6.45) is 6.65. The van der Waals surface area contributed by atoms with Gasteiger partial charge in [-0.1, -0.05) is 41.3 Å². The predicted molar refractivity (Wildman–Crippen MR) is 88.1 cm³/mol. The third-order valence-corrected chi connectivity index (χ3v) is 5.35. The molecule has 1 unspecified atom stereocenters. The van der Waals surface area contributed by atoms with E-state index >= 15 is 0 Å². The van der Waals surface area contributed by atoms with Crippen LogP contribution in [0.5, 0.6) is 0 Å². The third kappa shape index (κ3) is 2.34. The van der Waals surface area contributed by atoms with Crippen LogP contribution in [0.25, 0.3) is 0 Å². The molecular formula is C16H22BrN3. The van der Waals surface area contributed by atoms with E-state index in [1.165, 1.54) is 32.1 Å². The van der Waals surface area contributed by atoms with Gasteiger partial charge in [0.25, 0.3) is 0 Å². The number of nitrogens with two attached hydrogens (primary N) is 1. The first-order valence-corrected chi connectivity index (χ1v) is 8.26. The molecule has 20 heavy (non-hydrogen) atoms. The van der Waals surface area contributed by atoms with Gasteiger partial charge in [-0.3, -0.25) is 4.99 Å². The lowest BCUT2D eigenvalue weighted by molar-refractivity contribution is 0.238. The first-order chi connectivity index (χ1) is 9.61. The van der Waals surface area contributed by atoms with E-state index in [4.69, 9.17) is 5.73 Å². The fraction of sp³-hybridized carbons (Fsp3) is 0.562. The van der Waals surface area contributed by atoms with Gasteiger partial charge in [0.1, 0.15) is 0 Å². The maximum atomic E-state index is 6.20. The molecule has 1 saturated carbocycles. The van der Waals surface area contributed by atoms with E-state index in [0.29, 0.717) is 11.9 Å². The number of guanidine groups is 1. The lowest BCUT2D eigenvalue weighted by Crippen LogP contribution is -2.55. The third-order valence-electron chi connectivity index (χ3n) is 4.85. The zero-order valence-corrected chi connectivity index (χ0v) is 13.6. The van der Waals surface area contributed by atoms with Gasteiger partial charge in [0.05, 0.1) is 12.1 Å². The summed E-state index contributed by atoms with van der Waals surface area (Å²) in [6.45, 7) is 3.14. The first-order valence-electron chi connectivity index (χ1n) is 7.47. The molecule has 3 nitrogen and oxygen atoms in total. The summed E-state index contributed by atoms with van der Waals surface area (Å²) >= 11 is 3.56. The lowest BCUT2D eigenvalue weighted by Gasteiger charge is -2.44. The van der Waals surface area contributed by atoms with Crippen LogP contribution in [0.3, 0.4) is 0 Å². The molecule has 0 bridgehead atoms. The second-order valence-corrected chi connectivity index (χ2v) is 7.10. The SMILES string of the molecule is CC1(C2CCCCC2)CN=C(N)N1c1cccc(Br)c1. The van der Waals surface area contributed by atoms with Crippen molar-refractivity contribution < 1.29 is 0 Å². The fourth-order valence-corrected chi connectivity index (χ4v) is 4.11. The number of aliphatic imine (C=N–C) groups is 1. The Morgan fingerprint density at radius 1 is 1.30 bits per heavy atom. The number of hydrogen-bond acceptors (Lipinski definition) is 3. The molecule has 2 N–H and O–H groups in total. The van der Waals surface area contributed by atoms with Crippen molar-refractivity contribution in [2.45, 2.75) is 44.6 Å². The Balaban J connectivity index is 1.95. The van der Waals surface area contributed by atoms with Gasteiger partial charge < -0.3 is 10.6 Å². The van der Waals surface area contributed by atoms with Gasteiger partial charge in [0.2, 0.25) is 0 Å². The van der Waals surface area contributed by atoms with Gasteiger partial charge in [-0.25, -0.2) is 0 Å². The van der Waals surface area contributed by atoms with Crippen molar-refractivity contribution in [1.82, 2.24) is 0 Å². The van der Waals surface area contributed by atoms with E-state index < -0.39 is 0 Å². The van der Waals surface area contributed by atoms with Crippen LogP contribution in [0.1, 0.15) is 39.0 Å². The summed E-state index contributed by atoms with van der Waals surface area (Å²) in [5.74, 6) is 1.34. The maximum absolute atomic E-state index is 6.20. The van der Waals surface area contributed by atoms with Crippen molar-refractivity contribution in [3.8, 4) is 0 Å². The van der Waals surface area contributed by atoms with Crippen molar-refractivity contribution in [3.63, 3.8) is 0 Å². The van der Waals surface area contributed by atoms with Crippen LogP contribution in [0, 0.1) is 5.92 Å². The molecule has 1 atom stereocenters. The minimum atomic E-state index is 0.0330. The molecule has 1 aromatic carbocycles. The van der Waals surface area contributed by atoms with Gasteiger partial charge >= 0.3 is 0 Å². The molecule has 0 aromatic heterocycles. The number of benzene rings is 1. The number of rotatable bonds is 2. The fourth-order valence-electron chi connectivity index (χ4n) is 3.72. The summed E-state index contributed by atoms with van der Waals surface area (Å²) < 4.78 is 1.08. The maximum Gasteiger partial charge on any atom is 0.196 e. The van der Waals surface area contributed by atoms with Crippen LogP contribution in [0.2, 0.25) is 0 Å². The van der Waals surface area contributed by atoms with Crippen LogP contribution < -0.4 is 10.6 Å². The Hall–Kier alpha value is -1.03. The Bertz CT molecular complexity index is 522. The molecular weight excluding hydrogens is 314 g/mol. The lowest BCUT2D eigenvalue weighted by atomic mass is 9.75. The van der Waals surface area contributed by atoms with E-state index in [0.717, 1.165) is 16.7 Å². The largest absolute Gasteiger partial charge is 0.369 e. The summed E-state index contributed by atoms with van der Waals surface area (Å²) in [6, 6.07) is 8.37. The highest BCUT2D eigenvalue weighted by atomic mass is 79.9.